The zero-order chi connectivity index (χ0) is 28.4. The third-order valence-electron chi connectivity index (χ3n) is 11.5. The SMILES string of the molecule is CC(C)CCCC(C)C1CC[C@H]2[C@@H]3CC=C4C[C@@H](OC(=O)NCCC(=O)OC(C)C)CC[C@]4(C)[C@H]3CC[C@]12C. The van der Waals surface area contributed by atoms with E-state index in [9.17, 15) is 9.59 Å². The van der Waals surface area contributed by atoms with Crippen LogP contribution in [0.4, 0.5) is 4.79 Å². The number of nitrogens with one attached hydrogen (secondary N) is 1. The lowest BCUT2D eigenvalue weighted by molar-refractivity contribution is -0.147. The van der Waals surface area contributed by atoms with Crippen molar-refractivity contribution in [1.82, 2.24) is 5.32 Å². The standard InChI is InChI=1S/C34H57NO4/c1-22(2)9-8-10-24(5)28-13-14-29-27-12-11-25-21-26(39-32(37)35-20-17-31(36)38-23(3)4)15-18-33(25,6)30(27)16-19-34(28,29)7/h11,22-24,26-30H,8-10,12-21H2,1-7H3,(H,35,37)/t24?,26-,27-,28?,29-,30-,33-,34+/m0/s1. The minimum atomic E-state index is -0.414. The summed E-state index contributed by atoms with van der Waals surface area (Å²) in [4.78, 5) is 24.1. The van der Waals surface area contributed by atoms with Crippen molar-refractivity contribution in [3.8, 4) is 0 Å². The Bertz CT molecular complexity index is 896. The van der Waals surface area contributed by atoms with Gasteiger partial charge in [0.1, 0.15) is 6.10 Å². The molecule has 5 heteroatoms. The van der Waals surface area contributed by atoms with Crippen molar-refractivity contribution in [3.05, 3.63) is 11.6 Å². The summed E-state index contributed by atoms with van der Waals surface area (Å²) in [5.41, 5.74) is 2.30. The lowest BCUT2D eigenvalue weighted by atomic mass is 9.47. The molecule has 0 aromatic rings. The van der Waals surface area contributed by atoms with Crippen LogP contribution in [-0.2, 0) is 14.3 Å². The second-order valence-electron chi connectivity index (χ2n) is 14.8. The number of rotatable bonds is 10. The summed E-state index contributed by atoms with van der Waals surface area (Å²) in [6.07, 6.45) is 16.0. The normalized spacial score (nSPS) is 36.4. The van der Waals surface area contributed by atoms with Crippen LogP contribution in [0.15, 0.2) is 11.6 Å². The minimum absolute atomic E-state index is 0.0695. The maximum absolute atomic E-state index is 12.4. The molecular formula is C34H57NO4. The van der Waals surface area contributed by atoms with Crippen LogP contribution in [-0.4, -0.2) is 30.8 Å². The number of carbonyl (C=O) groups is 2. The van der Waals surface area contributed by atoms with Gasteiger partial charge in [-0.1, -0.05) is 65.5 Å². The Hall–Kier alpha value is -1.52. The highest BCUT2D eigenvalue weighted by atomic mass is 16.6. The van der Waals surface area contributed by atoms with Crippen molar-refractivity contribution in [2.45, 2.75) is 138 Å². The van der Waals surface area contributed by atoms with Crippen LogP contribution in [0.5, 0.6) is 0 Å². The minimum Gasteiger partial charge on any atom is -0.463 e. The molecule has 0 aliphatic heterocycles. The van der Waals surface area contributed by atoms with E-state index in [-0.39, 0.29) is 36.6 Å². The number of ether oxygens (including phenoxy) is 2. The molecule has 5 nitrogen and oxygen atoms in total. The molecule has 222 valence electrons. The number of alkyl carbamates (subject to hydrolysis) is 1. The molecule has 39 heavy (non-hydrogen) atoms. The second-order valence-corrected chi connectivity index (χ2v) is 14.8. The number of hydrogen-bond acceptors (Lipinski definition) is 4. The molecule has 2 unspecified atom stereocenters. The lowest BCUT2D eigenvalue weighted by Gasteiger charge is -2.58. The monoisotopic (exact) mass is 543 g/mol. The maximum atomic E-state index is 12.4. The van der Waals surface area contributed by atoms with Gasteiger partial charge in [-0.05, 0) is 105 Å². The highest BCUT2D eigenvalue weighted by molar-refractivity contribution is 5.72. The van der Waals surface area contributed by atoms with Gasteiger partial charge in [0.15, 0.2) is 0 Å². The van der Waals surface area contributed by atoms with Gasteiger partial charge in [0.2, 0.25) is 0 Å². The number of esters is 1. The Labute approximate surface area is 238 Å². The average Bonchev–Trinajstić information content (AvgIpc) is 3.21. The Kier molecular flexibility index (Phi) is 9.80. The van der Waals surface area contributed by atoms with E-state index in [2.05, 4.69) is 46.0 Å². The smallest absolute Gasteiger partial charge is 0.407 e. The van der Waals surface area contributed by atoms with E-state index in [1.165, 1.54) is 56.9 Å². The summed E-state index contributed by atoms with van der Waals surface area (Å²) >= 11 is 0. The van der Waals surface area contributed by atoms with Crippen LogP contribution >= 0.6 is 0 Å². The fourth-order valence-corrected chi connectivity index (χ4v) is 9.53. The molecule has 4 aliphatic rings. The van der Waals surface area contributed by atoms with Crippen molar-refractivity contribution >= 4 is 12.1 Å². The summed E-state index contributed by atoms with van der Waals surface area (Å²) in [5, 5.41) is 2.74. The third-order valence-corrected chi connectivity index (χ3v) is 11.5. The molecule has 1 amide bonds. The number of allylic oxidation sites excluding steroid dienone is 1. The van der Waals surface area contributed by atoms with Crippen molar-refractivity contribution in [3.63, 3.8) is 0 Å². The molecule has 0 spiro atoms. The predicted octanol–water partition coefficient (Wildman–Crippen LogP) is 8.46. The molecule has 0 saturated heterocycles. The Morgan fingerprint density at radius 1 is 1.00 bits per heavy atom. The van der Waals surface area contributed by atoms with E-state index in [0.29, 0.717) is 5.41 Å². The predicted molar refractivity (Wildman–Crippen MR) is 157 cm³/mol. The fourth-order valence-electron chi connectivity index (χ4n) is 9.53. The molecule has 0 bridgehead atoms. The number of carbonyl (C=O) groups excluding carboxylic acids is 2. The Morgan fingerprint density at radius 2 is 1.77 bits per heavy atom. The first kappa shape index (κ1) is 30.4. The molecule has 4 aliphatic carbocycles. The zero-order valence-electron chi connectivity index (χ0n) is 26.0. The van der Waals surface area contributed by atoms with Crippen LogP contribution in [0.25, 0.3) is 0 Å². The third kappa shape index (κ3) is 6.70. The molecular weight excluding hydrogens is 486 g/mol. The van der Waals surface area contributed by atoms with E-state index in [4.69, 9.17) is 9.47 Å². The molecule has 3 fully saturated rings. The first-order valence-corrected chi connectivity index (χ1v) is 16.3. The van der Waals surface area contributed by atoms with Gasteiger partial charge in [-0.3, -0.25) is 4.79 Å². The fraction of sp³-hybridized carbons (Fsp3) is 0.882. The Morgan fingerprint density at radius 3 is 2.49 bits per heavy atom. The molecule has 1 N–H and O–H groups in total. The van der Waals surface area contributed by atoms with Crippen LogP contribution in [0.2, 0.25) is 0 Å². The summed E-state index contributed by atoms with van der Waals surface area (Å²) < 4.78 is 10.9. The van der Waals surface area contributed by atoms with Crippen LogP contribution in [0.1, 0.15) is 126 Å². The van der Waals surface area contributed by atoms with E-state index >= 15 is 0 Å². The van der Waals surface area contributed by atoms with Gasteiger partial charge >= 0.3 is 12.1 Å². The molecule has 3 saturated carbocycles. The summed E-state index contributed by atoms with van der Waals surface area (Å²) in [7, 11) is 0. The van der Waals surface area contributed by atoms with Gasteiger partial charge in [0.25, 0.3) is 0 Å². The van der Waals surface area contributed by atoms with Gasteiger partial charge in [-0.25, -0.2) is 4.79 Å². The van der Waals surface area contributed by atoms with Crippen molar-refractivity contribution in [2.24, 2.45) is 46.3 Å². The van der Waals surface area contributed by atoms with Gasteiger partial charge in [0.05, 0.1) is 12.5 Å². The largest absolute Gasteiger partial charge is 0.463 e. The second kappa shape index (κ2) is 12.6. The highest BCUT2D eigenvalue weighted by Gasteiger charge is 2.59. The van der Waals surface area contributed by atoms with E-state index in [0.717, 1.165) is 54.8 Å². The molecule has 4 rings (SSSR count). The van der Waals surface area contributed by atoms with Gasteiger partial charge in [-0.2, -0.15) is 0 Å². The van der Waals surface area contributed by atoms with E-state index < -0.39 is 6.09 Å². The summed E-state index contributed by atoms with van der Waals surface area (Å²) in [6.45, 7) is 16.4. The first-order chi connectivity index (χ1) is 18.4. The topological polar surface area (TPSA) is 64.6 Å². The van der Waals surface area contributed by atoms with Crippen molar-refractivity contribution in [2.75, 3.05) is 6.54 Å². The molecule has 0 radical (unpaired) electrons. The maximum Gasteiger partial charge on any atom is 0.407 e. The van der Waals surface area contributed by atoms with Crippen LogP contribution < -0.4 is 5.32 Å². The molecule has 0 aromatic heterocycles. The van der Waals surface area contributed by atoms with Crippen molar-refractivity contribution < 1.29 is 19.1 Å². The zero-order valence-corrected chi connectivity index (χ0v) is 26.0. The van der Waals surface area contributed by atoms with Gasteiger partial charge in [0, 0.05) is 13.0 Å². The Balaban J connectivity index is 1.32. The van der Waals surface area contributed by atoms with Gasteiger partial charge < -0.3 is 14.8 Å². The number of amides is 1. The molecule has 0 aromatic carbocycles. The number of fused-ring (bicyclic) bond motifs is 5. The quantitative estimate of drug-likeness (QED) is 0.222. The summed E-state index contributed by atoms with van der Waals surface area (Å²) in [5.74, 6) is 4.72. The molecule has 0 heterocycles. The summed E-state index contributed by atoms with van der Waals surface area (Å²) in [6, 6.07) is 0. The van der Waals surface area contributed by atoms with Gasteiger partial charge in [-0.15, -0.1) is 0 Å². The number of hydrogen-bond donors (Lipinski definition) is 1. The highest BCUT2D eigenvalue weighted by Crippen LogP contribution is 2.67. The van der Waals surface area contributed by atoms with E-state index in [1.54, 1.807) is 0 Å². The average molecular weight is 544 g/mol. The van der Waals surface area contributed by atoms with Crippen molar-refractivity contribution in [1.29, 1.82) is 0 Å². The van der Waals surface area contributed by atoms with Crippen LogP contribution in [0, 0.1) is 46.3 Å². The first-order valence-electron chi connectivity index (χ1n) is 16.3. The van der Waals surface area contributed by atoms with Crippen LogP contribution in [0.3, 0.4) is 0 Å². The van der Waals surface area contributed by atoms with E-state index in [1.807, 2.05) is 13.8 Å². The lowest BCUT2D eigenvalue weighted by Crippen LogP contribution is -2.51. The molecule has 8 atom stereocenters.